The molecule has 1 unspecified atom stereocenters. The molecule has 3 aromatic carbocycles. The van der Waals surface area contributed by atoms with Gasteiger partial charge in [0, 0.05) is 11.3 Å². The molecule has 1 atom stereocenters. The minimum atomic E-state index is -0.740. The number of aliphatic hydroxyl groups is 1. The second-order valence-electron chi connectivity index (χ2n) is 7.59. The van der Waals surface area contributed by atoms with E-state index in [9.17, 15) is 14.7 Å². The van der Waals surface area contributed by atoms with Crippen LogP contribution in [0.3, 0.4) is 0 Å². The Morgan fingerprint density at radius 2 is 1.55 bits per heavy atom. The standard InChI is InChI=1S/C26H23NO4/c1-16-8-10-18(11-9-16)24(28)22-23(21-7-5-4-6-17(21)2)27(26(30)25(22)29)19-12-14-20(31-3)15-13-19/h4-15,23,28H,1-3H3/b24-22-. The molecular weight excluding hydrogens is 390 g/mol. The Bertz CT molecular complexity index is 1180. The normalized spacial score (nSPS) is 17.8. The largest absolute Gasteiger partial charge is 0.507 e. The van der Waals surface area contributed by atoms with E-state index in [0.29, 0.717) is 17.0 Å². The smallest absolute Gasteiger partial charge is 0.300 e. The van der Waals surface area contributed by atoms with Crippen molar-refractivity contribution in [3.63, 3.8) is 0 Å². The molecule has 1 aliphatic rings. The van der Waals surface area contributed by atoms with Crippen LogP contribution in [0.25, 0.3) is 5.76 Å². The van der Waals surface area contributed by atoms with Crippen molar-refractivity contribution in [3.05, 3.63) is 101 Å². The van der Waals surface area contributed by atoms with Crippen molar-refractivity contribution in [2.75, 3.05) is 12.0 Å². The molecule has 1 aliphatic heterocycles. The van der Waals surface area contributed by atoms with Gasteiger partial charge in [-0.3, -0.25) is 14.5 Å². The van der Waals surface area contributed by atoms with Crippen LogP contribution in [0.4, 0.5) is 5.69 Å². The summed E-state index contributed by atoms with van der Waals surface area (Å²) in [6, 6.07) is 21.0. The fourth-order valence-electron chi connectivity index (χ4n) is 3.90. The number of nitrogens with zero attached hydrogens (tertiary/aromatic N) is 1. The lowest BCUT2D eigenvalue weighted by atomic mass is 9.92. The van der Waals surface area contributed by atoms with Crippen LogP contribution in [0.15, 0.2) is 78.4 Å². The number of hydrogen-bond donors (Lipinski definition) is 1. The number of carbonyl (C=O) groups excluding carboxylic acids is 2. The van der Waals surface area contributed by atoms with E-state index < -0.39 is 17.7 Å². The molecule has 156 valence electrons. The lowest BCUT2D eigenvalue weighted by Crippen LogP contribution is -2.29. The van der Waals surface area contributed by atoms with Gasteiger partial charge in [-0.1, -0.05) is 54.1 Å². The Hall–Kier alpha value is -3.86. The summed E-state index contributed by atoms with van der Waals surface area (Å²) in [7, 11) is 1.57. The predicted molar refractivity (Wildman–Crippen MR) is 120 cm³/mol. The van der Waals surface area contributed by atoms with Crippen LogP contribution in [0.2, 0.25) is 0 Å². The zero-order valence-corrected chi connectivity index (χ0v) is 17.6. The number of hydrogen-bond acceptors (Lipinski definition) is 4. The molecule has 1 fully saturated rings. The molecule has 0 radical (unpaired) electrons. The number of benzene rings is 3. The molecule has 0 bridgehead atoms. The minimum Gasteiger partial charge on any atom is -0.507 e. The number of aliphatic hydroxyl groups excluding tert-OH is 1. The number of aryl methyl sites for hydroxylation is 2. The van der Waals surface area contributed by atoms with Crippen LogP contribution in [0.1, 0.15) is 28.3 Å². The Labute approximate surface area is 181 Å². The number of amides is 1. The van der Waals surface area contributed by atoms with Gasteiger partial charge in [0.1, 0.15) is 11.5 Å². The van der Waals surface area contributed by atoms with Crippen molar-refractivity contribution in [2.24, 2.45) is 0 Å². The molecule has 31 heavy (non-hydrogen) atoms. The Morgan fingerprint density at radius 1 is 0.903 bits per heavy atom. The molecule has 1 saturated heterocycles. The summed E-state index contributed by atoms with van der Waals surface area (Å²) in [5.74, 6) is -0.913. The monoisotopic (exact) mass is 413 g/mol. The van der Waals surface area contributed by atoms with E-state index in [0.717, 1.165) is 16.7 Å². The minimum absolute atomic E-state index is 0.0824. The van der Waals surface area contributed by atoms with Crippen LogP contribution in [0.5, 0.6) is 5.75 Å². The van der Waals surface area contributed by atoms with Crippen molar-refractivity contribution < 1.29 is 19.4 Å². The summed E-state index contributed by atoms with van der Waals surface area (Å²) in [5.41, 5.74) is 3.87. The maximum Gasteiger partial charge on any atom is 0.300 e. The Kier molecular flexibility index (Phi) is 5.34. The van der Waals surface area contributed by atoms with E-state index in [4.69, 9.17) is 4.74 Å². The highest BCUT2D eigenvalue weighted by atomic mass is 16.5. The second-order valence-corrected chi connectivity index (χ2v) is 7.59. The summed E-state index contributed by atoms with van der Waals surface area (Å²) in [6.07, 6.45) is 0. The van der Waals surface area contributed by atoms with Crippen LogP contribution >= 0.6 is 0 Å². The quantitative estimate of drug-likeness (QED) is 0.374. The van der Waals surface area contributed by atoms with E-state index in [1.54, 1.807) is 43.5 Å². The SMILES string of the molecule is COc1ccc(N2C(=O)C(=O)/C(=C(\O)c3ccc(C)cc3)C2c2ccccc2C)cc1. The van der Waals surface area contributed by atoms with Crippen molar-refractivity contribution in [3.8, 4) is 5.75 Å². The summed E-state index contributed by atoms with van der Waals surface area (Å²) in [4.78, 5) is 27.8. The topological polar surface area (TPSA) is 66.8 Å². The molecule has 1 N–H and O–H groups in total. The van der Waals surface area contributed by atoms with Crippen LogP contribution < -0.4 is 9.64 Å². The second kappa shape index (κ2) is 8.11. The summed E-state index contributed by atoms with van der Waals surface area (Å²) >= 11 is 0. The fourth-order valence-corrected chi connectivity index (χ4v) is 3.90. The van der Waals surface area contributed by atoms with Gasteiger partial charge < -0.3 is 9.84 Å². The highest BCUT2D eigenvalue weighted by Crippen LogP contribution is 2.43. The van der Waals surface area contributed by atoms with E-state index in [2.05, 4.69) is 0 Å². The Balaban J connectivity index is 1.94. The molecule has 0 saturated carbocycles. The van der Waals surface area contributed by atoms with Gasteiger partial charge in [-0.25, -0.2) is 0 Å². The molecular formula is C26H23NO4. The third-order valence-electron chi connectivity index (χ3n) is 5.60. The number of carbonyl (C=O) groups is 2. The molecule has 0 spiro atoms. The number of ether oxygens (including phenoxy) is 1. The summed E-state index contributed by atoms with van der Waals surface area (Å²) in [6.45, 7) is 3.87. The first-order valence-electron chi connectivity index (χ1n) is 10.00. The molecule has 3 aromatic rings. The van der Waals surface area contributed by atoms with E-state index in [1.807, 2.05) is 50.2 Å². The van der Waals surface area contributed by atoms with E-state index in [1.165, 1.54) is 4.90 Å². The van der Waals surface area contributed by atoms with Gasteiger partial charge in [0.25, 0.3) is 11.7 Å². The molecule has 1 amide bonds. The lowest BCUT2D eigenvalue weighted by Gasteiger charge is -2.26. The first kappa shape index (κ1) is 20.4. The molecule has 0 aromatic heterocycles. The van der Waals surface area contributed by atoms with Crippen LogP contribution in [-0.4, -0.2) is 23.9 Å². The maximum atomic E-state index is 13.2. The van der Waals surface area contributed by atoms with Crippen LogP contribution in [-0.2, 0) is 9.59 Å². The first-order valence-corrected chi connectivity index (χ1v) is 10.00. The van der Waals surface area contributed by atoms with Gasteiger partial charge in [0.2, 0.25) is 0 Å². The van der Waals surface area contributed by atoms with Gasteiger partial charge in [-0.05, 0) is 49.2 Å². The number of anilines is 1. The van der Waals surface area contributed by atoms with Crippen molar-refractivity contribution in [1.82, 2.24) is 0 Å². The molecule has 0 aliphatic carbocycles. The highest BCUT2D eigenvalue weighted by Gasteiger charge is 2.47. The number of methoxy groups -OCH3 is 1. The highest BCUT2D eigenvalue weighted by molar-refractivity contribution is 6.51. The fraction of sp³-hybridized carbons (Fsp3) is 0.154. The van der Waals surface area contributed by atoms with Gasteiger partial charge in [0.15, 0.2) is 0 Å². The number of ketones is 1. The molecule has 1 heterocycles. The predicted octanol–water partition coefficient (Wildman–Crippen LogP) is 4.94. The zero-order chi connectivity index (χ0) is 22.1. The summed E-state index contributed by atoms with van der Waals surface area (Å²) in [5, 5.41) is 11.1. The third kappa shape index (κ3) is 3.59. The van der Waals surface area contributed by atoms with E-state index >= 15 is 0 Å². The first-order chi connectivity index (χ1) is 14.9. The maximum absolute atomic E-state index is 13.2. The van der Waals surface area contributed by atoms with Crippen molar-refractivity contribution in [2.45, 2.75) is 19.9 Å². The zero-order valence-electron chi connectivity index (χ0n) is 17.6. The van der Waals surface area contributed by atoms with Gasteiger partial charge in [-0.15, -0.1) is 0 Å². The summed E-state index contributed by atoms with van der Waals surface area (Å²) < 4.78 is 5.22. The number of rotatable bonds is 4. The van der Waals surface area contributed by atoms with Gasteiger partial charge in [0.05, 0.1) is 18.7 Å². The lowest BCUT2D eigenvalue weighted by molar-refractivity contribution is -0.132. The van der Waals surface area contributed by atoms with E-state index in [-0.39, 0.29) is 11.3 Å². The Morgan fingerprint density at radius 3 is 2.16 bits per heavy atom. The van der Waals surface area contributed by atoms with Gasteiger partial charge >= 0.3 is 0 Å². The van der Waals surface area contributed by atoms with Crippen LogP contribution in [0, 0.1) is 13.8 Å². The van der Waals surface area contributed by atoms with Crippen molar-refractivity contribution >= 4 is 23.1 Å². The average molecular weight is 413 g/mol. The molecule has 5 heteroatoms. The van der Waals surface area contributed by atoms with Gasteiger partial charge in [-0.2, -0.15) is 0 Å². The van der Waals surface area contributed by atoms with Crippen molar-refractivity contribution in [1.29, 1.82) is 0 Å². The molecule has 5 nitrogen and oxygen atoms in total. The molecule has 4 rings (SSSR count). The average Bonchev–Trinajstić information content (AvgIpc) is 3.04. The third-order valence-corrected chi connectivity index (χ3v) is 5.60. The number of Topliss-reactive ketones (excluding diaryl/α,β-unsaturated/α-hetero) is 1.